The number of carbonyl (C=O) groups is 3. The monoisotopic (exact) mass is 446 g/mol. The van der Waals surface area contributed by atoms with E-state index in [1.54, 1.807) is 17.0 Å². The minimum Gasteiger partial charge on any atom is -0.452 e. The lowest BCUT2D eigenvalue weighted by atomic mass is 9.97. The number of rotatable bonds is 7. The second-order valence-electron chi connectivity index (χ2n) is 8.41. The van der Waals surface area contributed by atoms with E-state index in [9.17, 15) is 14.4 Å². The zero-order valence-electron chi connectivity index (χ0n) is 18.3. The van der Waals surface area contributed by atoms with Crippen LogP contribution in [0.4, 0.5) is 0 Å². The molecule has 7 heteroatoms. The number of ether oxygens (including phenoxy) is 1. The first-order chi connectivity index (χ1) is 15.1. The molecule has 2 aliphatic rings. The van der Waals surface area contributed by atoms with Crippen molar-refractivity contribution in [1.29, 1.82) is 0 Å². The number of thioether (sulfide) groups is 1. The average molecular weight is 447 g/mol. The third kappa shape index (κ3) is 7.87. The summed E-state index contributed by atoms with van der Waals surface area (Å²) in [6, 6.07) is 7.36. The highest BCUT2D eigenvalue weighted by molar-refractivity contribution is 8.00. The van der Waals surface area contributed by atoms with Crippen LogP contribution in [0.15, 0.2) is 29.2 Å². The summed E-state index contributed by atoms with van der Waals surface area (Å²) in [7, 11) is 0. The third-order valence-corrected chi connectivity index (χ3v) is 7.05. The van der Waals surface area contributed by atoms with Gasteiger partial charge in [-0.1, -0.05) is 44.2 Å². The molecule has 0 spiro atoms. The molecule has 1 aliphatic carbocycles. The highest BCUT2D eigenvalue weighted by atomic mass is 32.2. The predicted octanol–water partition coefficient (Wildman–Crippen LogP) is 4.18. The summed E-state index contributed by atoms with van der Waals surface area (Å²) in [6.07, 6.45) is 11.4. The summed E-state index contributed by atoms with van der Waals surface area (Å²) in [5.41, 5.74) is 0.401. The first-order valence-corrected chi connectivity index (χ1v) is 12.6. The fourth-order valence-corrected chi connectivity index (χ4v) is 5.07. The van der Waals surface area contributed by atoms with Crippen LogP contribution in [0.2, 0.25) is 0 Å². The first kappa shape index (κ1) is 23.6. The van der Waals surface area contributed by atoms with Crippen molar-refractivity contribution in [2.45, 2.75) is 75.1 Å². The van der Waals surface area contributed by atoms with Crippen LogP contribution in [-0.4, -0.2) is 54.2 Å². The SMILES string of the molecule is O=C(CSc1ccccc1C(=O)OCC(=O)N1CCCCC1)NC1CCCCCCC1. The number of amides is 2. The smallest absolute Gasteiger partial charge is 0.339 e. The Hall–Kier alpha value is -2.02. The fraction of sp³-hybridized carbons (Fsp3) is 0.625. The van der Waals surface area contributed by atoms with Crippen molar-refractivity contribution in [3.8, 4) is 0 Å². The van der Waals surface area contributed by atoms with Crippen molar-refractivity contribution < 1.29 is 19.1 Å². The number of hydrogen-bond donors (Lipinski definition) is 1. The fourth-order valence-electron chi connectivity index (χ4n) is 4.21. The van der Waals surface area contributed by atoms with Crippen molar-refractivity contribution in [3.63, 3.8) is 0 Å². The van der Waals surface area contributed by atoms with E-state index in [1.165, 1.54) is 43.9 Å². The molecule has 1 aromatic rings. The van der Waals surface area contributed by atoms with Gasteiger partial charge in [-0.05, 0) is 44.2 Å². The number of likely N-dealkylation sites (tertiary alicyclic amines) is 1. The number of benzene rings is 1. The minimum absolute atomic E-state index is 0.000907. The van der Waals surface area contributed by atoms with E-state index in [0.29, 0.717) is 10.5 Å². The van der Waals surface area contributed by atoms with E-state index < -0.39 is 5.97 Å². The zero-order valence-corrected chi connectivity index (χ0v) is 19.1. The molecule has 0 atom stereocenters. The predicted molar refractivity (Wildman–Crippen MR) is 122 cm³/mol. The van der Waals surface area contributed by atoms with Crippen LogP contribution in [0.5, 0.6) is 0 Å². The van der Waals surface area contributed by atoms with Crippen LogP contribution in [0.25, 0.3) is 0 Å². The normalized spacial score (nSPS) is 18.0. The molecule has 2 fully saturated rings. The molecule has 1 heterocycles. The maximum absolute atomic E-state index is 12.6. The van der Waals surface area contributed by atoms with Gasteiger partial charge in [-0.2, -0.15) is 0 Å². The topological polar surface area (TPSA) is 75.7 Å². The highest BCUT2D eigenvalue weighted by Crippen LogP contribution is 2.24. The molecule has 1 saturated heterocycles. The molecule has 1 aromatic carbocycles. The van der Waals surface area contributed by atoms with Crippen molar-refractivity contribution >= 4 is 29.5 Å². The van der Waals surface area contributed by atoms with Crippen LogP contribution in [-0.2, 0) is 14.3 Å². The molecule has 1 aliphatic heterocycles. The van der Waals surface area contributed by atoms with Gasteiger partial charge in [0.15, 0.2) is 6.61 Å². The maximum atomic E-state index is 12.6. The van der Waals surface area contributed by atoms with E-state index in [0.717, 1.165) is 45.2 Å². The molecule has 0 radical (unpaired) electrons. The Morgan fingerprint density at radius 3 is 2.32 bits per heavy atom. The Kier molecular flexibility index (Phi) is 9.72. The first-order valence-electron chi connectivity index (χ1n) is 11.6. The third-order valence-electron chi connectivity index (χ3n) is 5.97. The molecular formula is C24H34N2O4S. The van der Waals surface area contributed by atoms with Crippen LogP contribution in [0.3, 0.4) is 0 Å². The highest BCUT2D eigenvalue weighted by Gasteiger charge is 2.20. The lowest BCUT2D eigenvalue weighted by Gasteiger charge is -2.26. The van der Waals surface area contributed by atoms with E-state index >= 15 is 0 Å². The Morgan fingerprint density at radius 1 is 0.935 bits per heavy atom. The van der Waals surface area contributed by atoms with E-state index in [-0.39, 0.29) is 30.2 Å². The van der Waals surface area contributed by atoms with E-state index in [4.69, 9.17) is 4.74 Å². The molecule has 2 amide bonds. The second-order valence-corrected chi connectivity index (χ2v) is 9.43. The number of carbonyl (C=O) groups excluding carboxylic acids is 3. The van der Waals surface area contributed by atoms with Gasteiger partial charge in [0.05, 0.1) is 11.3 Å². The Labute approximate surface area is 189 Å². The minimum atomic E-state index is -0.520. The number of hydrogen-bond acceptors (Lipinski definition) is 5. The van der Waals surface area contributed by atoms with Gasteiger partial charge in [-0.25, -0.2) is 4.79 Å². The quantitative estimate of drug-likeness (QED) is 0.502. The number of nitrogens with zero attached hydrogens (tertiary/aromatic N) is 1. The number of nitrogens with one attached hydrogen (secondary N) is 1. The summed E-state index contributed by atoms with van der Waals surface area (Å²) >= 11 is 1.34. The van der Waals surface area contributed by atoms with Gasteiger partial charge in [0, 0.05) is 24.0 Å². The largest absolute Gasteiger partial charge is 0.452 e. The van der Waals surface area contributed by atoms with Crippen LogP contribution in [0.1, 0.15) is 74.6 Å². The molecule has 0 bridgehead atoms. The van der Waals surface area contributed by atoms with Gasteiger partial charge < -0.3 is 15.0 Å². The Morgan fingerprint density at radius 2 is 1.58 bits per heavy atom. The summed E-state index contributed by atoms with van der Waals surface area (Å²) < 4.78 is 5.29. The Bertz CT molecular complexity index is 741. The molecule has 170 valence electrons. The second kappa shape index (κ2) is 12.7. The molecule has 6 nitrogen and oxygen atoms in total. The summed E-state index contributed by atoms with van der Waals surface area (Å²) in [5, 5.41) is 3.16. The molecule has 31 heavy (non-hydrogen) atoms. The molecular weight excluding hydrogens is 412 g/mol. The maximum Gasteiger partial charge on any atom is 0.339 e. The van der Waals surface area contributed by atoms with Gasteiger partial charge in [-0.15, -0.1) is 11.8 Å². The zero-order chi connectivity index (χ0) is 21.9. The van der Waals surface area contributed by atoms with Crippen molar-refractivity contribution in [3.05, 3.63) is 29.8 Å². The Balaban J connectivity index is 1.48. The van der Waals surface area contributed by atoms with Crippen LogP contribution < -0.4 is 5.32 Å². The molecule has 3 rings (SSSR count). The number of esters is 1. The number of piperidine rings is 1. The molecule has 0 aromatic heterocycles. The van der Waals surface area contributed by atoms with Gasteiger partial charge in [0.1, 0.15) is 0 Å². The van der Waals surface area contributed by atoms with Crippen LogP contribution >= 0.6 is 11.8 Å². The van der Waals surface area contributed by atoms with Gasteiger partial charge >= 0.3 is 5.97 Å². The molecule has 1 saturated carbocycles. The standard InChI is InChI=1S/C24H34N2O4S/c27-22(25-19-11-5-2-1-3-6-12-19)18-31-21-14-8-7-13-20(21)24(29)30-17-23(28)26-15-9-4-10-16-26/h7-8,13-14,19H,1-6,9-12,15-18H2,(H,25,27). The van der Waals surface area contributed by atoms with E-state index in [2.05, 4.69) is 5.32 Å². The van der Waals surface area contributed by atoms with E-state index in [1.807, 2.05) is 12.1 Å². The lowest BCUT2D eigenvalue weighted by Crippen LogP contribution is -2.38. The van der Waals surface area contributed by atoms with Crippen molar-refractivity contribution in [2.75, 3.05) is 25.4 Å². The molecule has 0 unspecified atom stereocenters. The lowest BCUT2D eigenvalue weighted by molar-refractivity contribution is -0.135. The van der Waals surface area contributed by atoms with Gasteiger partial charge in [-0.3, -0.25) is 9.59 Å². The molecule has 1 N–H and O–H groups in total. The van der Waals surface area contributed by atoms with Crippen molar-refractivity contribution in [2.24, 2.45) is 0 Å². The van der Waals surface area contributed by atoms with Gasteiger partial charge in [0.25, 0.3) is 5.91 Å². The van der Waals surface area contributed by atoms with Crippen LogP contribution in [0, 0.1) is 0 Å². The van der Waals surface area contributed by atoms with Gasteiger partial charge in [0.2, 0.25) is 5.91 Å². The van der Waals surface area contributed by atoms with Crippen molar-refractivity contribution in [1.82, 2.24) is 10.2 Å². The summed E-state index contributed by atoms with van der Waals surface area (Å²) in [4.78, 5) is 39.8. The summed E-state index contributed by atoms with van der Waals surface area (Å²) in [6.45, 7) is 1.23. The summed E-state index contributed by atoms with van der Waals surface area (Å²) in [5.74, 6) is -0.405. The average Bonchev–Trinajstić information content (AvgIpc) is 2.78.